The highest BCUT2D eigenvalue weighted by atomic mass is 32.2. The van der Waals surface area contributed by atoms with Gasteiger partial charge in [0.15, 0.2) is 5.65 Å². The molecule has 0 unspecified atom stereocenters. The number of benzene rings is 1. The van der Waals surface area contributed by atoms with Crippen molar-refractivity contribution in [3.63, 3.8) is 0 Å². The minimum atomic E-state index is -0.238. The molecule has 22 heavy (non-hydrogen) atoms. The highest BCUT2D eigenvalue weighted by Crippen LogP contribution is 2.23. The number of hydrogen-bond donors (Lipinski definition) is 2. The lowest BCUT2D eigenvalue weighted by atomic mass is 10.1. The van der Waals surface area contributed by atoms with Crippen molar-refractivity contribution in [1.29, 1.82) is 0 Å². The molecule has 3 aromatic rings. The highest BCUT2D eigenvalue weighted by molar-refractivity contribution is 7.99. The Labute approximate surface area is 132 Å². The Hall–Kier alpha value is -2.15. The number of rotatable bonds is 3. The van der Waals surface area contributed by atoms with Crippen LogP contribution in [0.15, 0.2) is 29.4 Å². The summed E-state index contributed by atoms with van der Waals surface area (Å²) in [5.41, 5.74) is 2.18. The molecule has 6 nitrogen and oxygen atoms in total. The van der Waals surface area contributed by atoms with Crippen LogP contribution >= 0.6 is 11.8 Å². The topological polar surface area (TPSA) is 83.6 Å². The summed E-state index contributed by atoms with van der Waals surface area (Å²) >= 11 is 1.28. The van der Waals surface area contributed by atoms with Gasteiger partial charge >= 0.3 is 0 Å². The van der Waals surface area contributed by atoms with Gasteiger partial charge in [-0.05, 0) is 26.8 Å². The van der Waals surface area contributed by atoms with E-state index in [1.807, 2.05) is 45.0 Å². The second kappa shape index (κ2) is 5.57. The molecule has 0 saturated carbocycles. The van der Waals surface area contributed by atoms with Gasteiger partial charge in [0.25, 0.3) is 0 Å². The Morgan fingerprint density at radius 1 is 1.27 bits per heavy atom. The standard InChI is InChI=1S/C15H17N5OS/c1-15(2,3)18-11(21)8-22-14-17-13-12(19-20-14)9-6-4-5-7-10(9)16-13/h4-7H,8H2,1-3H3,(H,18,21)(H,16,17,20). The van der Waals surface area contributed by atoms with Crippen molar-refractivity contribution >= 4 is 39.7 Å². The van der Waals surface area contributed by atoms with E-state index in [1.54, 1.807) is 0 Å². The van der Waals surface area contributed by atoms with Crippen molar-refractivity contribution in [2.75, 3.05) is 5.75 Å². The number of fused-ring (bicyclic) bond motifs is 3. The van der Waals surface area contributed by atoms with Gasteiger partial charge in [0, 0.05) is 16.4 Å². The van der Waals surface area contributed by atoms with Crippen molar-refractivity contribution in [3.05, 3.63) is 24.3 Å². The Kier molecular flexibility index (Phi) is 3.74. The fourth-order valence-electron chi connectivity index (χ4n) is 2.15. The third-order valence-electron chi connectivity index (χ3n) is 2.95. The lowest BCUT2D eigenvalue weighted by molar-refractivity contribution is -0.119. The zero-order chi connectivity index (χ0) is 15.7. The maximum absolute atomic E-state index is 11.8. The Balaban J connectivity index is 1.78. The molecule has 0 atom stereocenters. The molecule has 3 rings (SSSR count). The molecule has 0 saturated heterocycles. The number of aromatic amines is 1. The van der Waals surface area contributed by atoms with Crippen molar-refractivity contribution in [1.82, 2.24) is 25.5 Å². The Morgan fingerprint density at radius 2 is 2.05 bits per heavy atom. The summed E-state index contributed by atoms with van der Waals surface area (Å²) < 4.78 is 0. The highest BCUT2D eigenvalue weighted by Gasteiger charge is 2.15. The SMILES string of the molecule is CC(C)(C)NC(=O)CSc1nnc2c(n1)[nH]c1ccccc12. The molecule has 0 aliphatic heterocycles. The predicted molar refractivity (Wildman–Crippen MR) is 87.8 cm³/mol. The van der Waals surface area contributed by atoms with Gasteiger partial charge in [-0.25, -0.2) is 4.98 Å². The van der Waals surface area contributed by atoms with Gasteiger partial charge in [0.1, 0.15) is 5.52 Å². The van der Waals surface area contributed by atoms with Crippen LogP contribution in [0, 0.1) is 0 Å². The first-order valence-corrected chi connectivity index (χ1v) is 7.96. The molecular weight excluding hydrogens is 298 g/mol. The summed E-state index contributed by atoms with van der Waals surface area (Å²) in [4.78, 5) is 19.5. The van der Waals surface area contributed by atoms with E-state index in [2.05, 4.69) is 25.5 Å². The molecule has 0 aliphatic carbocycles. The maximum Gasteiger partial charge on any atom is 0.230 e. The molecule has 2 aromatic heterocycles. The molecule has 1 amide bonds. The first-order valence-electron chi connectivity index (χ1n) is 6.97. The van der Waals surface area contributed by atoms with E-state index in [-0.39, 0.29) is 17.2 Å². The van der Waals surface area contributed by atoms with Gasteiger partial charge in [0.2, 0.25) is 11.1 Å². The minimum Gasteiger partial charge on any atom is -0.351 e. The molecule has 114 valence electrons. The number of aromatic nitrogens is 4. The van der Waals surface area contributed by atoms with Crippen molar-refractivity contribution < 1.29 is 4.79 Å². The largest absolute Gasteiger partial charge is 0.351 e. The van der Waals surface area contributed by atoms with E-state index < -0.39 is 0 Å². The molecule has 0 bridgehead atoms. The Bertz CT molecular complexity index is 837. The molecule has 0 fully saturated rings. The quantitative estimate of drug-likeness (QED) is 0.726. The summed E-state index contributed by atoms with van der Waals surface area (Å²) in [5.74, 6) is 0.225. The van der Waals surface area contributed by atoms with Gasteiger partial charge in [-0.2, -0.15) is 0 Å². The number of thioether (sulfide) groups is 1. The fourth-order valence-corrected chi connectivity index (χ4v) is 2.74. The molecule has 2 heterocycles. The van der Waals surface area contributed by atoms with Crippen LogP contribution < -0.4 is 5.32 Å². The zero-order valence-corrected chi connectivity index (χ0v) is 13.5. The van der Waals surface area contributed by atoms with Crippen molar-refractivity contribution in [3.8, 4) is 0 Å². The van der Waals surface area contributed by atoms with Crippen LogP contribution in [0.4, 0.5) is 0 Å². The van der Waals surface area contributed by atoms with E-state index in [0.717, 1.165) is 16.4 Å². The first kappa shape index (κ1) is 14.8. The van der Waals surface area contributed by atoms with Gasteiger partial charge in [-0.15, -0.1) is 10.2 Å². The van der Waals surface area contributed by atoms with Gasteiger partial charge in [-0.3, -0.25) is 4.79 Å². The molecule has 7 heteroatoms. The number of nitrogens with one attached hydrogen (secondary N) is 2. The van der Waals surface area contributed by atoms with Crippen LogP contribution in [0.5, 0.6) is 0 Å². The van der Waals surface area contributed by atoms with E-state index in [1.165, 1.54) is 11.8 Å². The fraction of sp³-hybridized carbons (Fsp3) is 0.333. The van der Waals surface area contributed by atoms with E-state index in [4.69, 9.17) is 0 Å². The van der Waals surface area contributed by atoms with Crippen LogP contribution in [-0.2, 0) is 4.79 Å². The van der Waals surface area contributed by atoms with Crippen LogP contribution in [-0.4, -0.2) is 37.4 Å². The second-order valence-electron chi connectivity index (χ2n) is 6.05. The smallest absolute Gasteiger partial charge is 0.230 e. The lowest BCUT2D eigenvalue weighted by Crippen LogP contribution is -2.41. The minimum absolute atomic E-state index is 0.0437. The summed E-state index contributed by atoms with van der Waals surface area (Å²) in [6.07, 6.45) is 0. The number of amides is 1. The molecule has 1 aromatic carbocycles. The number of nitrogens with zero attached hydrogens (tertiary/aromatic N) is 3. The van der Waals surface area contributed by atoms with Crippen LogP contribution in [0.25, 0.3) is 22.1 Å². The average molecular weight is 315 g/mol. The van der Waals surface area contributed by atoms with E-state index in [0.29, 0.717) is 10.8 Å². The zero-order valence-electron chi connectivity index (χ0n) is 12.7. The summed E-state index contributed by atoms with van der Waals surface area (Å²) in [7, 11) is 0. The van der Waals surface area contributed by atoms with Gasteiger partial charge < -0.3 is 10.3 Å². The summed E-state index contributed by atoms with van der Waals surface area (Å²) in [6, 6.07) is 7.87. The normalized spacial score (nSPS) is 12.0. The number of carbonyl (C=O) groups is 1. The van der Waals surface area contributed by atoms with Crippen LogP contribution in [0.1, 0.15) is 20.8 Å². The van der Waals surface area contributed by atoms with Gasteiger partial charge in [0.05, 0.1) is 5.75 Å². The van der Waals surface area contributed by atoms with Crippen molar-refractivity contribution in [2.45, 2.75) is 31.5 Å². The average Bonchev–Trinajstić information content (AvgIpc) is 2.81. The third kappa shape index (κ3) is 3.19. The van der Waals surface area contributed by atoms with E-state index in [9.17, 15) is 4.79 Å². The van der Waals surface area contributed by atoms with Crippen LogP contribution in [0.2, 0.25) is 0 Å². The molecule has 0 aliphatic rings. The summed E-state index contributed by atoms with van der Waals surface area (Å²) in [6.45, 7) is 5.85. The molecule has 0 spiro atoms. The maximum atomic E-state index is 11.8. The van der Waals surface area contributed by atoms with E-state index >= 15 is 0 Å². The van der Waals surface area contributed by atoms with Crippen LogP contribution in [0.3, 0.4) is 0 Å². The number of carbonyl (C=O) groups excluding carboxylic acids is 1. The third-order valence-corrected chi connectivity index (χ3v) is 3.79. The lowest BCUT2D eigenvalue weighted by Gasteiger charge is -2.20. The second-order valence-corrected chi connectivity index (χ2v) is 6.99. The molecular formula is C15H17N5OS. The molecule has 2 N–H and O–H groups in total. The predicted octanol–water partition coefficient (Wildman–Crippen LogP) is 2.51. The summed E-state index contributed by atoms with van der Waals surface area (Å²) in [5, 5.41) is 12.7. The number of hydrogen-bond acceptors (Lipinski definition) is 5. The first-order chi connectivity index (χ1) is 10.4. The van der Waals surface area contributed by atoms with Gasteiger partial charge in [-0.1, -0.05) is 30.0 Å². The number of H-pyrrole nitrogens is 1. The number of para-hydroxylation sites is 1. The molecule has 0 radical (unpaired) electrons. The monoisotopic (exact) mass is 315 g/mol. The Morgan fingerprint density at radius 3 is 2.82 bits per heavy atom. The van der Waals surface area contributed by atoms with Crippen molar-refractivity contribution in [2.24, 2.45) is 0 Å².